The maximum Gasteiger partial charge on any atom is 0.129 e. The zero-order chi connectivity index (χ0) is 33.2. The molecule has 0 aliphatic heterocycles. The van der Waals surface area contributed by atoms with Gasteiger partial charge >= 0.3 is 0 Å². The molecule has 0 saturated carbocycles. The third-order valence-corrected chi connectivity index (χ3v) is 9.14. The van der Waals surface area contributed by atoms with Crippen LogP contribution in [0.25, 0.3) is 11.1 Å². The Hall–Kier alpha value is -3.27. The van der Waals surface area contributed by atoms with Gasteiger partial charge in [0.15, 0.2) is 0 Å². The molecule has 4 rings (SSSR count). The number of benzene rings is 4. The summed E-state index contributed by atoms with van der Waals surface area (Å²) in [6.45, 7) is 14.8. The first kappa shape index (κ1) is 35.6. The van der Waals surface area contributed by atoms with Crippen molar-refractivity contribution in [1.82, 2.24) is 0 Å². The molecule has 0 bridgehead atoms. The smallest absolute Gasteiger partial charge is 0.129 e. The molecule has 0 unspecified atom stereocenters. The molecule has 0 aromatic heterocycles. The summed E-state index contributed by atoms with van der Waals surface area (Å²) in [5.41, 5.74) is 15.8. The summed E-state index contributed by atoms with van der Waals surface area (Å²) in [5.74, 6) is 8.52. The molecule has 4 aromatic carbocycles. The van der Waals surface area contributed by atoms with Crippen LogP contribution in [0.1, 0.15) is 33.4 Å². The quantitative estimate of drug-likeness (QED) is 0.0692. The molecule has 0 N–H and O–H groups in total. The van der Waals surface area contributed by atoms with E-state index in [0.717, 1.165) is 66.7 Å². The van der Waals surface area contributed by atoms with Gasteiger partial charge in [-0.15, -0.1) is 11.1 Å². The third-order valence-electron chi connectivity index (χ3n) is 6.74. The summed E-state index contributed by atoms with van der Waals surface area (Å²) in [7, 11) is -2.98. The van der Waals surface area contributed by atoms with Crippen LogP contribution in [0.2, 0.25) is 39.3 Å². The Morgan fingerprint density at radius 1 is 0.478 bits per heavy atom. The molecule has 0 aliphatic carbocycles. The molecule has 0 aliphatic rings. The highest BCUT2D eigenvalue weighted by atomic mass is 79.9. The molecule has 0 saturated heterocycles. The molecule has 2 nitrogen and oxygen atoms in total. The standard InChI is InChI=1S/C40H42Br2O2Si2/c1-45(2,3)29-23-31-7-11-33(12-8-31)39(34-13-9-32(10-14-34)24-30-46(4,5)6)40(35-15-19-37(20-16-35)43-27-25-41)36-17-21-38(22-18-36)44-28-26-42/h7-22H,25-28H2,1-6H3. The van der Waals surface area contributed by atoms with Gasteiger partial charge in [0.2, 0.25) is 0 Å². The minimum Gasteiger partial charge on any atom is -0.493 e. The molecule has 0 spiro atoms. The fourth-order valence-electron chi connectivity index (χ4n) is 4.62. The van der Waals surface area contributed by atoms with E-state index in [0.29, 0.717) is 13.2 Å². The van der Waals surface area contributed by atoms with Crippen molar-refractivity contribution in [2.45, 2.75) is 39.3 Å². The molecular formula is C40H42Br2O2Si2. The Balaban J connectivity index is 1.95. The minimum absolute atomic E-state index is 0.614. The van der Waals surface area contributed by atoms with Crippen LogP contribution in [0, 0.1) is 22.9 Å². The highest BCUT2D eigenvalue weighted by Gasteiger charge is 2.17. The monoisotopic (exact) mass is 768 g/mol. The maximum atomic E-state index is 5.90. The number of halogens is 2. The van der Waals surface area contributed by atoms with E-state index in [1.165, 1.54) is 0 Å². The number of hydrogen-bond donors (Lipinski definition) is 0. The van der Waals surface area contributed by atoms with Crippen LogP contribution in [0.5, 0.6) is 11.5 Å². The topological polar surface area (TPSA) is 18.5 Å². The maximum absolute atomic E-state index is 5.90. The van der Waals surface area contributed by atoms with Crippen molar-refractivity contribution in [3.8, 4) is 34.4 Å². The SMILES string of the molecule is C[Si](C)(C)C#Cc1ccc(C(=C(c2ccc(OCCBr)cc2)c2ccc(OCCBr)cc2)c2ccc(C#C[Si](C)(C)C)cc2)cc1. The van der Waals surface area contributed by atoms with Gasteiger partial charge in [0, 0.05) is 21.8 Å². The van der Waals surface area contributed by atoms with E-state index in [1.807, 2.05) is 24.3 Å². The first-order valence-corrected chi connectivity index (χ1v) is 24.8. The number of rotatable bonds is 10. The second-order valence-corrected chi connectivity index (χ2v) is 24.1. The molecular weight excluding hydrogens is 728 g/mol. The Labute approximate surface area is 294 Å². The van der Waals surface area contributed by atoms with Crippen molar-refractivity contribution in [2.24, 2.45) is 0 Å². The molecule has 0 fully saturated rings. The zero-order valence-corrected chi connectivity index (χ0v) is 32.8. The van der Waals surface area contributed by atoms with Gasteiger partial charge < -0.3 is 9.47 Å². The third kappa shape index (κ3) is 10.9. The first-order chi connectivity index (χ1) is 22.0. The lowest BCUT2D eigenvalue weighted by molar-refractivity contribution is 0.345. The second kappa shape index (κ2) is 16.5. The average Bonchev–Trinajstić information content (AvgIpc) is 3.04. The van der Waals surface area contributed by atoms with Crippen LogP contribution in [0.15, 0.2) is 97.1 Å². The highest BCUT2D eigenvalue weighted by Crippen LogP contribution is 2.38. The van der Waals surface area contributed by atoms with E-state index in [1.54, 1.807) is 0 Å². The van der Waals surface area contributed by atoms with Crippen LogP contribution in [0.3, 0.4) is 0 Å². The van der Waals surface area contributed by atoms with Crippen LogP contribution < -0.4 is 9.47 Å². The Morgan fingerprint density at radius 3 is 1.02 bits per heavy atom. The number of alkyl halides is 2. The van der Waals surface area contributed by atoms with Crippen molar-refractivity contribution in [2.75, 3.05) is 23.9 Å². The van der Waals surface area contributed by atoms with Crippen LogP contribution in [0.4, 0.5) is 0 Å². The average molecular weight is 771 g/mol. The van der Waals surface area contributed by atoms with Crippen molar-refractivity contribution in [1.29, 1.82) is 0 Å². The largest absolute Gasteiger partial charge is 0.493 e. The molecule has 46 heavy (non-hydrogen) atoms. The van der Waals surface area contributed by atoms with Gasteiger partial charge in [-0.2, -0.15) is 0 Å². The van der Waals surface area contributed by atoms with Crippen LogP contribution in [-0.2, 0) is 0 Å². The van der Waals surface area contributed by atoms with E-state index >= 15 is 0 Å². The number of hydrogen-bond acceptors (Lipinski definition) is 2. The van der Waals surface area contributed by atoms with Gasteiger partial charge in [0.25, 0.3) is 0 Å². The molecule has 236 valence electrons. The summed E-state index contributed by atoms with van der Waals surface area (Å²) >= 11 is 6.92. The van der Waals surface area contributed by atoms with Gasteiger partial charge in [0.05, 0.1) is 13.2 Å². The molecule has 4 aromatic rings. The second-order valence-electron chi connectivity index (χ2n) is 13.0. The lowest BCUT2D eigenvalue weighted by atomic mass is 9.85. The van der Waals surface area contributed by atoms with Gasteiger partial charge in [-0.05, 0) is 81.9 Å². The zero-order valence-electron chi connectivity index (χ0n) is 27.6. The van der Waals surface area contributed by atoms with E-state index in [2.05, 4.69) is 167 Å². The fraction of sp³-hybridized carbons (Fsp3) is 0.250. The summed E-state index contributed by atoms with van der Waals surface area (Å²) < 4.78 is 11.8. The van der Waals surface area contributed by atoms with E-state index in [4.69, 9.17) is 9.47 Å². The Morgan fingerprint density at radius 2 is 0.761 bits per heavy atom. The summed E-state index contributed by atoms with van der Waals surface area (Å²) in [6, 6.07) is 34.1. The molecule has 6 heteroatoms. The minimum atomic E-state index is -1.49. The summed E-state index contributed by atoms with van der Waals surface area (Å²) in [4.78, 5) is 0. The van der Waals surface area contributed by atoms with Crippen molar-refractivity contribution in [3.05, 3.63) is 130 Å². The predicted octanol–water partition coefficient (Wildman–Crippen LogP) is 10.7. The normalized spacial score (nSPS) is 11.0. The van der Waals surface area contributed by atoms with Gasteiger partial charge in [-0.1, -0.05) is 132 Å². The molecule has 0 amide bonds. The fourth-order valence-corrected chi connectivity index (χ4v) is 5.98. The summed E-state index contributed by atoms with van der Waals surface area (Å²) in [5, 5.41) is 1.56. The van der Waals surface area contributed by atoms with Crippen molar-refractivity contribution >= 4 is 59.2 Å². The van der Waals surface area contributed by atoms with Gasteiger partial charge in [-0.25, -0.2) is 0 Å². The van der Waals surface area contributed by atoms with Gasteiger partial charge in [0.1, 0.15) is 27.6 Å². The lowest BCUT2D eigenvalue weighted by Gasteiger charge is -2.19. The van der Waals surface area contributed by atoms with Crippen LogP contribution >= 0.6 is 31.9 Å². The lowest BCUT2D eigenvalue weighted by Crippen LogP contribution is -2.16. The Bertz CT molecular complexity index is 1610. The molecule has 0 atom stereocenters. The van der Waals surface area contributed by atoms with Crippen molar-refractivity contribution < 1.29 is 9.47 Å². The predicted molar refractivity (Wildman–Crippen MR) is 210 cm³/mol. The number of ether oxygens (including phenoxy) is 2. The molecule has 0 heterocycles. The Kier molecular flexibility index (Phi) is 12.8. The van der Waals surface area contributed by atoms with Crippen LogP contribution in [-0.4, -0.2) is 40.0 Å². The van der Waals surface area contributed by atoms with E-state index in [9.17, 15) is 0 Å². The van der Waals surface area contributed by atoms with E-state index < -0.39 is 16.1 Å². The summed E-state index contributed by atoms with van der Waals surface area (Å²) in [6.07, 6.45) is 0. The molecule has 0 radical (unpaired) electrons. The van der Waals surface area contributed by atoms with Crippen molar-refractivity contribution in [3.63, 3.8) is 0 Å². The van der Waals surface area contributed by atoms with E-state index in [-0.39, 0.29) is 0 Å². The highest BCUT2D eigenvalue weighted by molar-refractivity contribution is 9.09. The van der Waals surface area contributed by atoms with Gasteiger partial charge in [-0.3, -0.25) is 0 Å². The first-order valence-electron chi connectivity index (χ1n) is 15.6.